The predicted octanol–water partition coefficient (Wildman–Crippen LogP) is -3.06. The Balaban J connectivity index is 0.00000385. The molecule has 2 aromatic rings. The van der Waals surface area contributed by atoms with Crippen molar-refractivity contribution >= 4 is 22.6 Å². The van der Waals surface area contributed by atoms with E-state index < -0.39 is 47.7 Å². The summed E-state index contributed by atoms with van der Waals surface area (Å²) < 4.78 is 47.5. The van der Waals surface area contributed by atoms with Gasteiger partial charge in [-0.15, -0.1) is 0 Å². The van der Waals surface area contributed by atoms with Crippen LogP contribution in [0.4, 0.5) is 0 Å². The van der Waals surface area contributed by atoms with Crippen LogP contribution in [0.25, 0.3) is 12.2 Å². The van der Waals surface area contributed by atoms with Crippen LogP contribution in [0.15, 0.2) is 42.5 Å². The summed E-state index contributed by atoms with van der Waals surface area (Å²) in [6.07, 6.45) is -5.33. The molecule has 0 amide bonds. The maximum Gasteiger partial charge on any atom is 1.00 e. The average Bonchev–Trinajstić information content (AvgIpc) is 2.72. The molecule has 174 valence electrons. The molecule has 0 unspecified atom stereocenters. The molecule has 11 nitrogen and oxygen atoms in total. The predicted molar refractivity (Wildman–Crippen MR) is 108 cm³/mol. The van der Waals surface area contributed by atoms with Gasteiger partial charge in [-0.25, -0.2) is 8.42 Å². The number of aliphatic hydroxyl groups is 3. The first kappa shape index (κ1) is 28.2. The van der Waals surface area contributed by atoms with E-state index in [-0.39, 0.29) is 68.6 Å². The minimum atomic E-state index is -5.25. The molecule has 1 heterocycles. The second kappa shape index (κ2) is 12.1. The first-order valence-corrected chi connectivity index (χ1v) is 10.6. The van der Waals surface area contributed by atoms with E-state index in [4.69, 9.17) is 9.47 Å². The number of hydrogen-bond acceptors (Lipinski definition) is 11. The van der Waals surface area contributed by atoms with E-state index in [1.807, 2.05) is 0 Å². The van der Waals surface area contributed by atoms with Gasteiger partial charge in [0.1, 0.15) is 41.7 Å². The largest absolute Gasteiger partial charge is 1.00 e. The SMILES string of the molecule is O=S(=O)([O-])O[C@H]1[C@H](O)[C@@H](O)[C@H](Oc2cc(O)cc(/C=C/c3ccc(O)cc3)c2)O[C@@H]1CO.[K+]. The minimum Gasteiger partial charge on any atom is -0.726 e. The van der Waals surface area contributed by atoms with Crippen molar-refractivity contribution in [1.82, 2.24) is 0 Å². The summed E-state index contributed by atoms with van der Waals surface area (Å²) in [5.41, 5.74) is 1.27. The Hall–Kier alpha value is -1.07. The van der Waals surface area contributed by atoms with Crippen LogP contribution in [0, 0.1) is 0 Å². The van der Waals surface area contributed by atoms with Gasteiger partial charge >= 0.3 is 51.4 Å². The number of rotatable bonds is 7. The molecular formula is C20H21KO11S. The third-order valence-corrected chi connectivity index (χ3v) is 5.03. The maximum absolute atomic E-state index is 10.9. The number of phenolic OH excluding ortho intramolecular Hbond substituents is 2. The van der Waals surface area contributed by atoms with Crippen LogP contribution in [0.3, 0.4) is 0 Å². The van der Waals surface area contributed by atoms with Crippen molar-refractivity contribution in [2.45, 2.75) is 30.7 Å². The van der Waals surface area contributed by atoms with Gasteiger partial charge in [-0.1, -0.05) is 24.3 Å². The molecule has 0 saturated carbocycles. The fourth-order valence-corrected chi connectivity index (χ4v) is 3.60. The van der Waals surface area contributed by atoms with Gasteiger partial charge < -0.3 is 39.6 Å². The average molecular weight is 509 g/mol. The summed E-state index contributed by atoms with van der Waals surface area (Å²) in [7, 11) is -5.25. The summed E-state index contributed by atoms with van der Waals surface area (Å²) in [6.45, 7) is -0.843. The van der Waals surface area contributed by atoms with E-state index in [0.29, 0.717) is 5.56 Å². The Bertz CT molecular complexity index is 1060. The number of hydrogen-bond donors (Lipinski definition) is 5. The number of benzene rings is 2. The van der Waals surface area contributed by atoms with Gasteiger partial charge in [-0.05, 0) is 35.4 Å². The van der Waals surface area contributed by atoms with Crippen molar-refractivity contribution in [2.24, 2.45) is 0 Å². The third kappa shape index (κ3) is 7.99. The quantitative estimate of drug-likeness (QED) is 0.111. The summed E-state index contributed by atoms with van der Waals surface area (Å²) >= 11 is 0. The van der Waals surface area contributed by atoms with Gasteiger partial charge in [0.25, 0.3) is 0 Å². The van der Waals surface area contributed by atoms with Crippen molar-refractivity contribution in [2.75, 3.05) is 6.61 Å². The molecule has 33 heavy (non-hydrogen) atoms. The molecule has 5 N–H and O–H groups in total. The fraction of sp³-hybridized carbons (Fsp3) is 0.300. The summed E-state index contributed by atoms with van der Waals surface area (Å²) in [4.78, 5) is 0. The number of aliphatic hydroxyl groups excluding tert-OH is 3. The van der Waals surface area contributed by atoms with Gasteiger partial charge in [0.15, 0.2) is 0 Å². The molecule has 0 bridgehead atoms. The van der Waals surface area contributed by atoms with Crippen LogP contribution in [0.1, 0.15) is 11.1 Å². The van der Waals surface area contributed by atoms with E-state index in [1.165, 1.54) is 30.3 Å². The van der Waals surface area contributed by atoms with Crippen molar-refractivity contribution in [1.29, 1.82) is 0 Å². The third-order valence-electron chi connectivity index (χ3n) is 4.58. The zero-order valence-electron chi connectivity index (χ0n) is 17.4. The molecule has 3 rings (SSSR count). The topological polar surface area (TPSA) is 186 Å². The summed E-state index contributed by atoms with van der Waals surface area (Å²) in [5.74, 6) is -0.0414. The molecule has 2 aromatic carbocycles. The van der Waals surface area contributed by atoms with Gasteiger partial charge in [0.05, 0.1) is 6.61 Å². The Labute approximate surface area is 232 Å². The van der Waals surface area contributed by atoms with E-state index in [2.05, 4.69) is 4.18 Å². The van der Waals surface area contributed by atoms with E-state index in [0.717, 1.165) is 5.56 Å². The molecule has 0 spiro atoms. The molecule has 0 aliphatic carbocycles. The van der Waals surface area contributed by atoms with Crippen molar-refractivity contribution < 1.29 is 104 Å². The molecule has 0 aromatic heterocycles. The number of ether oxygens (including phenoxy) is 2. The molecule has 1 aliphatic heterocycles. The Morgan fingerprint density at radius 3 is 2.21 bits per heavy atom. The van der Waals surface area contributed by atoms with Crippen molar-refractivity contribution in [3.05, 3.63) is 53.6 Å². The second-order valence-corrected chi connectivity index (χ2v) is 7.99. The van der Waals surface area contributed by atoms with Crippen LogP contribution < -0.4 is 56.1 Å². The number of aromatic hydroxyl groups is 2. The smallest absolute Gasteiger partial charge is 0.726 e. The first-order chi connectivity index (χ1) is 15.1. The molecule has 5 atom stereocenters. The van der Waals surface area contributed by atoms with Crippen LogP contribution in [0.2, 0.25) is 0 Å². The zero-order chi connectivity index (χ0) is 23.5. The fourth-order valence-electron chi connectivity index (χ4n) is 3.09. The summed E-state index contributed by atoms with van der Waals surface area (Å²) in [5, 5.41) is 49.1. The molecule has 0 radical (unpaired) electrons. The van der Waals surface area contributed by atoms with Crippen LogP contribution in [-0.2, 0) is 19.3 Å². The van der Waals surface area contributed by atoms with Crippen LogP contribution in [-0.4, -0.2) is 75.8 Å². The van der Waals surface area contributed by atoms with Gasteiger partial charge in [0.2, 0.25) is 16.7 Å². The van der Waals surface area contributed by atoms with Crippen molar-refractivity contribution in [3.63, 3.8) is 0 Å². The molecule has 1 aliphatic rings. The van der Waals surface area contributed by atoms with E-state index >= 15 is 0 Å². The monoisotopic (exact) mass is 508 g/mol. The standard InChI is InChI=1S/C20H22O11S.K/c21-10-16-19(31-32(26,27)28)17(24)18(25)20(30-16)29-15-8-12(7-14(23)9-15)2-1-11-3-5-13(22)6-4-11;/h1-9,16-25H,10H2,(H,26,27,28);/q;+1/p-1/b2-1+;/t16-,17-,18-,19-,20-;/m1./s1. The first-order valence-electron chi connectivity index (χ1n) is 9.30. The Morgan fingerprint density at radius 1 is 0.970 bits per heavy atom. The Kier molecular flexibility index (Phi) is 10.3. The second-order valence-electron chi connectivity index (χ2n) is 6.98. The van der Waals surface area contributed by atoms with Gasteiger partial charge in [0, 0.05) is 6.07 Å². The zero-order valence-corrected chi connectivity index (χ0v) is 21.3. The van der Waals surface area contributed by atoms with Crippen molar-refractivity contribution in [3.8, 4) is 17.2 Å². The van der Waals surface area contributed by atoms with Gasteiger partial charge in [-0.2, -0.15) is 0 Å². The normalized spacial score (nSPS) is 25.5. The number of phenols is 2. The van der Waals surface area contributed by atoms with Crippen LogP contribution in [0.5, 0.6) is 17.2 Å². The van der Waals surface area contributed by atoms with Gasteiger partial charge in [-0.3, -0.25) is 4.18 Å². The minimum absolute atomic E-state index is 0. The molecule has 1 saturated heterocycles. The summed E-state index contributed by atoms with van der Waals surface area (Å²) in [6, 6.07) is 10.5. The maximum atomic E-state index is 10.9. The molecule has 1 fully saturated rings. The van der Waals surface area contributed by atoms with Crippen LogP contribution >= 0.6 is 0 Å². The Morgan fingerprint density at radius 2 is 1.61 bits per heavy atom. The van der Waals surface area contributed by atoms with E-state index in [9.17, 15) is 38.5 Å². The van der Waals surface area contributed by atoms with E-state index in [1.54, 1.807) is 24.3 Å². The molecular weight excluding hydrogens is 487 g/mol. The molecule has 13 heteroatoms.